The van der Waals surface area contributed by atoms with Crippen LogP contribution in [-0.4, -0.2) is 12.2 Å². The van der Waals surface area contributed by atoms with Crippen LogP contribution in [-0.2, 0) is 9.53 Å². The minimum atomic E-state index is -0.678. The first-order valence-corrected chi connectivity index (χ1v) is 3.22. The zero-order chi connectivity index (χ0) is 7.98. The number of nitrogens with zero attached hydrogens (tertiary/aromatic N) is 2. The standard InChI is InChI=1S/C6H11N2O2/c1-3-4-6(8-7)10-5(2)9/h6H,3-4H2,1-2H3/q+1. The van der Waals surface area contributed by atoms with Crippen LogP contribution < -0.4 is 0 Å². The van der Waals surface area contributed by atoms with Crippen LogP contribution in [0.4, 0.5) is 0 Å². The van der Waals surface area contributed by atoms with Crippen LogP contribution in [0.25, 0.3) is 4.98 Å². The summed E-state index contributed by atoms with van der Waals surface area (Å²) in [7, 11) is 0. The SMILES string of the molecule is CCCC([N+]#N)OC(C)=O. The molecule has 0 aromatic heterocycles. The number of rotatable bonds is 3. The Kier molecular flexibility index (Phi) is 4.21. The number of diazo groups is 1. The quantitative estimate of drug-likeness (QED) is 0.444. The maximum Gasteiger partial charge on any atom is 0.458 e. The maximum absolute atomic E-state index is 10.3. The second-order valence-electron chi connectivity index (χ2n) is 1.97. The van der Waals surface area contributed by atoms with Gasteiger partial charge in [-0.25, -0.2) is 0 Å². The molecule has 4 heteroatoms. The van der Waals surface area contributed by atoms with Crippen LogP contribution in [0.15, 0.2) is 0 Å². The van der Waals surface area contributed by atoms with Crippen molar-refractivity contribution >= 4 is 5.97 Å². The van der Waals surface area contributed by atoms with Crippen molar-refractivity contribution in [3.63, 3.8) is 0 Å². The highest BCUT2D eigenvalue weighted by Crippen LogP contribution is 2.02. The average molecular weight is 143 g/mol. The van der Waals surface area contributed by atoms with Gasteiger partial charge >= 0.3 is 12.2 Å². The van der Waals surface area contributed by atoms with Gasteiger partial charge in [0.15, 0.2) is 4.98 Å². The van der Waals surface area contributed by atoms with E-state index in [4.69, 9.17) is 5.39 Å². The Labute approximate surface area is 59.8 Å². The molecule has 56 valence electrons. The summed E-state index contributed by atoms with van der Waals surface area (Å²) < 4.78 is 4.58. The molecule has 0 aliphatic carbocycles. The Bertz CT molecular complexity index is 150. The molecule has 0 aliphatic rings. The number of carbonyl (C=O) groups is 1. The Morgan fingerprint density at radius 1 is 1.80 bits per heavy atom. The van der Waals surface area contributed by atoms with Gasteiger partial charge < -0.3 is 4.74 Å². The molecule has 0 aromatic rings. The monoisotopic (exact) mass is 143 g/mol. The highest BCUT2D eigenvalue weighted by molar-refractivity contribution is 5.66. The van der Waals surface area contributed by atoms with Crippen LogP contribution in [0.1, 0.15) is 26.7 Å². The van der Waals surface area contributed by atoms with Crippen molar-refractivity contribution in [2.45, 2.75) is 32.9 Å². The van der Waals surface area contributed by atoms with Gasteiger partial charge in [0.1, 0.15) is 0 Å². The molecule has 1 atom stereocenters. The van der Waals surface area contributed by atoms with Gasteiger partial charge in [0.2, 0.25) is 5.39 Å². The van der Waals surface area contributed by atoms with Gasteiger partial charge in [0.05, 0.1) is 6.42 Å². The lowest BCUT2D eigenvalue weighted by molar-refractivity contribution is -0.144. The maximum atomic E-state index is 10.3. The van der Waals surface area contributed by atoms with E-state index in [1.54, 1.807) is 0 Å². The molecule has 4 nitrogen and oxygen atoms in total. The molecule has 10 heavy (non-hydrogen) atoms. The summed E-state index contributed by atoms with van der Waals surface area (Å²) in [6.07, 6.45) is 0.709. The van der Waals surface area contributed by atoms with Crippen molar-refractivity contribution in [1.82, 2.24) is 0 Å². The predicted octanol–water partition coefficient (Wildman–Crippen LogP) is 1.53. The fraction of sp³-hybridized carbons (Fsp3) is 0.833. The van der Waals surface area contributed by atoms with Crippen molar-refractivity contribution in [2.24, 2.45) is 0 Å². The van der Waals surface area contributed by atoms with Gasteiger partial charge in [-0.05, 0) is 6.42 Å². The predicted molar refractivity (Wildman–Crippen MR) is 35.5 cm³/mol. The summed E-state index contributed by atoms with van der Waals surface area (Å²) >= 11 is 0. The molecule has 0 N–H and O–H groups in total. The second-order valence-corrected chi connectivity index (χ2v) is 1.97. The van der Waals surface area contributed by atoms with Crippen LogP contribution in [0.5, 0.6) is 0 Å². The Balaban J connectivity index is 3.63. The first-order valence-electron chi connectivity index (χ1n) is 3.22. The van der Waals surface area contributed by atoms with Gasteiger partial charge in [-0.2, -0.15) is 0 Å². The molecule has 0 rings (SSSR count). The van der Waals surface area contributed by atoms with Crippen LogP contribution in [0.3, 0.4) is 0 Å². The lowest BCUT2D eigenvalue weighted by atomic mass is 10.3. The fourth-order valence-corrected chi connectivity index (χ4v) is 0.579. The molecule has 0 amide bonds. The summed E-state index contributed by atoms with van der Waals surface area (Å²) in [6.45, 7) is 3.20. The molecule has 0 spiro atoms. The van der Waals surface area contributed by atoms with Crippen molar-refractivity contribution in [1.29, 1.82) is 5.39 Å². The van der Waals surface area contributed by atoms with Crippen molar-refractivity contribution in [2.75, 3.05) is 0 Å². The average Bonchev–Trinajstić information content (AvgIpc) is 1.86. The molecule has 0 saturated carbocycles. The summed E-state index contributed by atoms with van der Waals surface area (Å²) in [5.74, 6) is -0.420. The molecule has 0 fully saturated rings. The van der Waals surface area contributed by atoms with E-state index < -0.39 is 12.2 Å². The van der Waals surface area contributed by atoms with Gasteiger partial charge in [-0.15, -0.1) is 0 Å². The zero-order valence-corrected chi connectivity index (χ0v) is 6.20. The van der Waals surface area contributed by atoms with E-state index >= 15 is 0 Å². The van der Waals surface area contributed by atoms with Gasteiger partial charge in [-0.3, -0.25) is 4.79 Å². The molecule has 0 heterocycles. The lowest BCUT2D eigenvalue weighted by Crippen LogP contribution is -2.11. The molecular weight excluding hydrogens is 132 g/mol. The van der Waals surface area contributed by atoms with Crippen molar-refractivity contribution < 1.29 is 9.53 Å². The smallest absolute Gasteiger partial charge is 0.386 e. The van der Waals surface area contributed by atoms with Gasteiger partial charge in [0, 0.05) is 6.92 Å². The Morgan fingerprint density at radius 3 is 2.70 bits per heavy atom. The van der Waals surface area contributed by atoms with Crippen LogP contribution >= 0.6 is 0 Å². The number of carbonyl (C=O) groups excluding carboxylic acids is 1. The fourth-order valence-electron chi connectivity index (χ4n) is 0.579. The number of hydrogen-bond acceptors (Lipinski definition) is 3. The first-order chi connectivity index (χ1) is 4.70. The third kappa shape index (κ3) is 3.84. The molecule has 0 bridgehead atoms. The van der Waals surface area contributed by atoms with Gasteiger partial charge in [-0.1, -0.05) is 6.92 Å². The van der Waals surface area contributed by atoms with E-state index in [1.165, 1.54) is 6.92 Å². The molecule has 0 radical (unpaired) electrons. The highest BCUT2D eigenvalue weighted by atomic mass is 16.6. The minimum absolute atomic E-state index is 0.420. The molecule has 0 aliphatic heterocycles. The number of hydrogen-bond donors (Lipinski definition) is 0. The highest BCUT2D eigenvalue weighted by Gasteiger charge is 2.20. The van der Waals surface area contributed by atoms with E-state index in [2.05, 4.69) is 9.71 Å². The number of ether oxygens (including phenoxy) is 1. The lowest BCUT2D eigenvalue weighted by Gasteiger charge is -1.95. The summed E-state index contributed by atoms with van der Waals surface area (Å²) in [5, 5.41) is 8.25. The second kappa shape index (κ2) is 4.74. The molecule has 0 aromatic carbocycles. The third-order valence-electron chi connectivity index (χ3n) is 0.966. The zero-order valence-electron chi connectivity index (χ0n) is 6.20. The minimum Gasteiger partial charge on any atom is -0.386 e. The van der Waals surface area contributed by atoms with E-state index in [0.29, 0.717) is 6.42 Å². The first kappa shape index (κ1) is 8.89. The summed E-state index contributed by atoms with van der Waals surface area (Å²) in [5.41, 5.74) is 0. The van der Waals surface area contributed by atoms with Gasteiger partial charge in [0.25, 0.3) is 0 Å². The normalized spacial score (nSPS) is 11.7. The van der Waals surface area contributed by atoms with E-state index in [1.807, 2.05) is 6.92 Å². The summed E-state index contributed by atoms with van der Waals surface area (Å²) in [6, 6.07) is 0. The van der Waals surface area contributed by atoms with E-state index in [0.717, 1.165) is 6.42 Å². The molecule has 0 saturated heterocycles. The largest absolute Gasteiger partial charge is 0.458 e. The van der Waals surface area contributed by atoms with Crippen molar-refractivity contribution in [3.8, 4) is 0 Å². The molecule has 1 unspecified atom stereocenters. The Morgan fingerprint density at radius 2 is 2.40 bits per heavy atom. The number of esters is 1. The summed E-state index contributed by atoms with van der Waals surface area (Å²) in [4.78, 5) is 13.2. The van der Waals surface area contributed by atoms with E-state index in [-0.39, 0.29) is 0 Å². The topological polar surface area (TPSA) is 54.4 Å². The molecular formula is C6H11N2O2+. The van der Waals surface area contributed by atoms with Crippen LogP contribution in [0.2, 0.25) is 0 Å². The third-order valence-corrected chi connectivity index (χ3v) is 0.966. The van der Waals surface area contributed by atoms with Crippen molar-refractivity contribution in [3.05, 3.63) is 4.98 Å². The Hall–Kier alpha value is -1.11. The van der Waals surface area contributed by atoms with E-state index in [9.17, 15) is 4.79 Å². The van der Waals surface area contributed by atoms with Crippen LogP contribution in [0, 0.1) is 5.39 Å².